The van der Waals surface area contributed by atoms with Gasteiger partial charge in [-0.2, -0.15) is 0 Å². The van der Waals surface area contributed by atoms with Gasteiger partial charge >= 0.3 is 0 Å². The summed E-state index contributed by atoms with van der Waals surface area (Å²) < 4.78 is 25.5. The topological polar surface area (TPSA) is 105 Å². The van der Waals surface area contributed by atoms with Crippen LogP contribution in [0.3, 0.4) is 0 Å². The van der Waals surface area contributed by atoms with E-state index in [0.717, 1.165) is 31.2 Å². The molecule has 8 heteroatoms. The molecule has 1 saturated carbocycles. The first-order chi connectivity index (χ1) is 18.2. The number of aryl methyl sites for hydroxylation is 1. The Hall–Kier alpha value is -2.52. The van der Waals surface area contributed by atoms with E-state index in [2.05, 4.69) is 0 Å². The van der Waals surface area contributed by atoms with Gasteiger partial charge in [0.05, 0.1) is 11.7 Å². The fourth-order valence-electron chi connectivity index (χ4n) is 5.99. The van der Waals surface area contributed by atoms with Gasteiger partial charge in [-0.1, -0.05) is 24.3 Å². The molecule has 2 aromatic rings. The van der Waals surface area contributed by atoms with Crippen molar-refractivity contribution in [3.63, 3.8) is 0 Å². The zero-order valence-electron chi connectivity index (χ0n) is 22.4. The van der Waals surface area contributed by atoms with Crippen LogP contribution in [0.25, 0.3) is 0 Å². The lowest BCUT2D eigenvalue weighted by atomic mass is 9.73. The third kappa shape index (κ3) is 6.37. The van der Waals surface area contributed by atoms with Gasteiger partial charge < -0.3 is 30.3 Å². The van der Waals surface area contributed by atoms with Gasteiger partial charge in [-0.05, 0) is 69.6 Å². The number of amides is 1. The molecule has 2 fully saturated rings. The fourth-order valence-corrected chi connectivity index (χ4v) is 5.99. The van der Waals surface area contributed by atoms with Crippen LogP contribution in [-0.4, -0.2) is 60.0 Å². The van der Waals surface area contributed by atoms with E-state index in [-0.39, 0.29) is 23.8 Å². The summed E-state index contributed by atoms with van der Waals surface area (Å²) in [5.41, 5.74) is 6.14. The van der Waals surface area contributed by atoms with Crippen LogP contribution < -0.4 is 10.5 Å². The average molecular weight is 529 g/mol. The number of hydrogen-bond acceptors (Lipinski definition) is 6. The van der Waals surface area contributed by atoms with Crippen LogP contribution in [0, 0.1) is 24.6 Å². The van der Waals surface area contributed by atoms with Crippen molar-refractivity contribution in [1.82, 2.24) is 4.90 Å². The molecule has 1 aliphatic heterocycles. The lowest BCUT2D eigenvalue weighted by Gasteiger charge is -2.44. The summed E-state index contributed by atoms with van der Waals surface area (Å²) in [4.78, 5) is 15.2. The van der Waals surface area contributed by atoms with Crippen molar-refractivity contribution in [2.45, 2.75) is 69.6 Å². The maximum absolute atomic E-state index is 14.0. The van der Waals surface area contributed by atoms with Crippen molar-refractivity contribution in [3.8, 4) is 11.5 Å². The molecule has 4 rings (SSSR count). The highest BCUT2D eigenvalue weighted by Crippen LogP contribution is 2.45. The van der Waals surface area contributed by atoms with E-state index in [1.54, 1.807) is 19.2 Å². The van der Waals surface area contributed by atoms with Gasteiger partial charge in [0.25, 0.3) is 0 Å². The molecular weight excluding hydrogens is 487 g/mol. The first-order valence-corrected chi connectivity index (χ1v) is 13.7. The number of likely N-dealkylation sites (tertiary alicyclic amines) is 1. The molecule has 2 aromatic carbocycles. The lowest BCUT2D eigenvalue weighted by Crippen LogP contribution is -2.49. The Morgan fingerprint density at radius 1 is 1.18 bits per heavy atom. The normalized spacial score (nSPS) is 25.3. The van der Waals surface area contributed by atoms with Gasteiger partial charge in [0.15, 0.2) is 0 Å². The molecular formula is C30H41FN2O5. The smallest absolute Gasteiger partial charge is 0.225 e. The molecule has 0 spiro atoms. The van der Waals surface area contributed by atoms with E-state index in [9.17, 15) is 19.4 Å². The standard InChI is InChI=1S/C30H41FN2O5/c1-20-11-12-23(31)18-28(20)38-27-10-4-3-9-24(27)30(36,13-5-6-15-37-2)22-8-7-14-33(19-22)29(35)21-16-25(32)26(34)17-21/h3-4,9-12,18,21-22,25-26,34,36H,5-8,13-17,19,32H2,1-2H3/t21-,22+,25+,26-,30-/m0/s1. The Bertz CT molecular complexity index is 1090. The predicted molar refractivity (Wildman–Crippen MR) is 143 cm³/mol. The number of nitrogens with zero attached hydrogens (tertiary/aromatic N) is 1. The molecule has 4 N–H and O–H groups in total. The molecule has 1 aliphatic carbocycles. The Morgan fingerprint density at radius 2 is 1.97 bits per heavy atom. The molecule has 0 unspecified atom stereocenters. The van der Waals surface area contributed by atoms with Crippen LogP contribution in [-0.2, 0) is 15.1 Å². The molecule has 7 nitrogen and oxygen atoms in total. The van der Waals surface area contributed by atoms with Crippen molar-refractivity contribution < 1.29 is 28.9 Å². The van der Waals surface area contributed by atoms with Crippen LogP contribution in [0.4, 0.5) is 4.39 Å². The maximum Gasteiger partial charge on any atom is 0.225 e. The number of carbonyl (C=O) groups excluding carboxylic acids is 1. The lowest BCUT2D eigenvalue weighted by molar-refractivity contribution is -0.141. The molecule has 38 heavy (non-hydrogen) atoms. The summed E-state index contributed by atoms with van der Waals surface area (Å²) >= 11 is 0. The minimum absolute atomic E-state index is 0.00311. The predicted octanol–water partition coefficient (Wildman–Crippen LogP) is 4.27. The number of carbonyl (C=O) groups is 1. The first kappa shape index (κ1) is 28.5. The Kier molecular flexibility index (Phi) is 9.41. The molecule has 1 amide bonds. The number of halogens is 1. The number of benzene rings is 2. The summed E-state index contributed by atoms with van der Waals surface area (Å²) in [5, 5.41) is 22.5. The van der Waals surface area contributed by atoms with E-state index in [0.29, 0.717) is 56.0 Å². The fraction of sp³-hybridized carbons (Fsp3) is 0.567. The van der Waals surface area contributed by atoms with E-state index in [1.807, 2.05) is 30.0 Å². The molecule has 0 radical (unpaired) electrons. The van der Waals surface area contributed by atoms with Crippen molar-refractivity contribution in [1.29, 1.82) is 0 Å². The molecule has 0 bridgehead atoms. The number of methoxy groups -OCH3 is 1. The third-order valence-electron chi connectivity index (χ3n) is 8.21. The number of unbranched alkanes of at least 4 members (excludes halogenated alkanes) is 1. The van der Waals surface area contributed by atoms with Crippen LogP contribution >= 0.6 is 0 Å². The number of aliphatic hydroxyl groups is 2. The highest BCUT2D eigenvalue weighted by atomic mass is 19.1. The number of para-hydroxylation sites is 1. The third-order valence-corrected chi connectivity index (χ3v) is 8.21. The minimum Gasteiger partial charge on any atom is -0.457 e. The number of aliphatic hydroxyl groups excluding tert-OH is 1. The highest BCUT2D eigenvalue weighted by Gasteiger charge is 2.44. The van der Waals surface area contributed by atoms with Crippen LogP contribution in [0.2, 0.25) is 0 Å². The van der Waals surface area contributed by atoms with Crippen LogP contribution in [0.1, 0.15) is 56.1 Å². The zero-order valence-corrected chi connectivity index (χ0v) is 22.4. The van der Waals surface area contributed by atoms with Crippen LogP contribution in [0.15, 0.2) is 42.5 Å². The van der Waals surface area contributed by atoms with E-state index in [1.165, 1.54) is 12.1 Å². The molecule has 1 heterocycles. The summed E-state index contributed by atoms with van der Waals surface area (Å²) in [6, 6.07) is 11.4. The van der Waals surface area contributed by atoms with Crippen molar-refractivity contribution in [2.24, 2.45) is 17.6 Å². The second kappa shape index (κ2) is 12.6. The van der Waals surface area contributed by atoms with Crippen molar-refractivity contribution in [3.05, 3.63) is 59.4 Å². The summed E-state index contributed by atoms with van der Waals surface area (Å²) in [6.07, 6.45) is 3.72. The van der Waals surface area contributed by atoms with Gasteiger partial charge in [-0.3, -0.25) is 4.79 Å². The highest BCUT2D eigenvalue weighted by molar-refractivity contribution is 5.79. The average Bonchev–Trinajstić information content (AvgIpc) is 3.26. The zero-order chi connectivity index (χ0) is 27.3. The monoisotopic (exact) mass is 528 g/mol. The molecule has 0 aromatic heterocycles. The van der Waals surface area contributed by atoms with Gasteiger partial charge in [-0.15, -0.1) is 0 Å². The van der Waals surface area contributed by atoms with Gasteiger partial charge in [0.2, 0.25) is 5.91 Å². The van der Waals surface area contributed by atoms with Gasteiger partial charge in [-0.25, -0.2) is 4.39 Å². The summed E-state index contributed by atoms with van der Waals surface area (Å²) in [6.45, 7) is 3.48. The van der Waals surface area contributed by atoms with Gasteiger partial charge in [0, 0.05) is 56.3 Å². The largest absolute Gasteiger partial charge is 0.457 e. The Balaban J connectivity index is 1.62. The van der Waals surface area contributed by atoms with Crippen LogP contribution in [0.5, 0.6) is 11.5 Å². The second-order valence-electron chi connectivity index (χ2n) is 10.9. The Morgan fingerprint density at radius 3 is 2.71 bits per heavy atom. The maximum atomic E-state index is 14.0. The number of ether oxygens (including phenoxy) is 2. The number of nitrogens with two attached hydrogens (primary N) is 1. The van der Waals surface area contributed by atoms with E-state index in [4.69, 9.17) is 15.2 Å². The van der Waals surface area contributed by atoms with Gasteiger partial charge in [0.1, 0.15) is 17.3 Å². The van der Waals surface area contributed by atoms with E-state index < -0.39 is 17.5 Å². The Labute approximate surface area is 224 Å². The molecule has 5 atom stereocenters. The quantitative estimate of drug-likeness (QED) is 0.398. The minimum atomic E-state index is -1.27. The number of piperidine rings is 1. The molecule has 1 saturated heterocycles. The SMILES string of the molecule is COCCCC[C@@](O)(c1ccccc1Oc1cc(F)ccc1C)[C@@H]1CCCN(C(=O)[C@H]2C[C@@H](N)[C@@H](O)C2)C1. The summed E-state index contributed by atoms with van der Waals surface area (Å²) in [7, 11) is 1.66. The van der Waals surface area contributed by atoms with Crippen molar-refractivity contribution >= 4 is 5.91 Å². The molecule has 2 aliphatic rings. The number of rotatable bonds is 10. The molecule has 208 valence electrons. The first-order valence-electron chi connectivity index (χ1n) is 13.7. The second-order valence-corrected chi connectivity index (χ2v) is 10.9. The summed E-state index contributed by atoms with van der Waals surface area (Å²) in [5.74, 6) is -0.0276. The van der Waals surface area contributed by atoms with Crippen molar-refractivity contribution in [2.75, 3.05) is 26.8 Å². The van der Waals surface area contributed by atoms with E-state index >= 15 is 0 Å². The number of hydrogen-bond donors (Lipinski definition) is 3.